The Morgan fingerprint density at radius 3 is 2.55 bits per heavy atom. The molecule has 0 bridgehead atoms. The number of nitrogens with one attached hydrogen (secondary N) is 1. The molecular weight excluding hydrogens is 434 g/mol. The van der Waals surface area contributed by atoms with Gasteiger partial charge in [-0.3, -0.25) is 4.79 Å². The summed E-state index contributed by atoms with van der Waals surface area (Å²) in [6.45, 7) is -0.686. The predicted octanol–water partition coefficient (Wildman–Crippen LogP) is 4.75. The molecule has 0 radical (unpaired) electrons. The van der Waals surface area contributed by atoms with E-state index in [9.17, 15) is 22.8 Å². The van der Waals surface area contributed by atoms with Crippen LogP contribution in [0, 0.1) is 0 Å². The number of hydrogen-bond donors (Lipinski definition) is 1. The molecule has 1 amide bonds. The minimum atomic E-state index is -4.62. The van der Waals surface area contributed by atoms with Crippen molar-refractivity contribution in [2.75, 3.05) is 11.9 Å². The Morgan fingerprint density at radius 1 is 1.10 bits per heavy atom. The first kappa shape index (κ1) is 20.8. The third-order valence-corrected chi connectivity index (χ3v) is 4.15. The number of carbonyl (C=O) groups is 2. The van der Waals surface area contributed by atoms with Crippen LogP contribution >= 0.6 is 23.2 Å². The number of rotatable bonds is 4. The zero-order valence-electron chi connectivity index (χ0n) is 14.3. The molecular formula is C18H10Cl2F3N3O3. The van der Waals surface area contributed by atoms with Crippen LogP contribution < -0.4 is 5.32 Å². The topological polar surface area (TPSA) is 81.2 Å². The molecule has 0 saturated heterocycles. The maximum atomic E-state index is 12.6. The number of aromatic nitrogens is 2. The van der Waals surface area contributed by atoms with Crippen molar-refractivity contribution < 1.29 is 27.5 Å². The zero-order valence-corrected chi connectivity index (χ0v) is 15.8. The van der Waals surface area contributed by atoms with Crippen LogP contribution in [0.2, 0.25) is 10.2 Å². The second-order valence-electron chi connectivity index (χ2n) is 5.72. The number of ether oxygens (including phenoxy) is 1. The molecule has 0 aliphatic heterocycles. The van der Waals surface area contributed by atoms with Crippen LogP contribution in [0.1, 0.15) is 15.9 Å². The van der Waals surface area contributed by atoms with Gasteiger partial charge in [-0.25, -0.2) is 14.8 Å². The van der Waals surface area contributed by atoms with Crippen LogP contribution in [0.3, 0.4) is 0 Å². The molecule has 6 nitrogen and oxygen atoms in total. The summed E-state index contributed by atoms with van der Waals surface area (Å²) in [4.78, 5) is 31.6. The lowest BCUT2D eigenvalue weighted by Crippen LogP contribution is -2.22. The van der Waals surface area contributed by atoms with Gasteiger partial charge in [-0.05, 0) is 36.4 Å². The van der Waals surface area contributed by atoms with E-state index in [4.69, 9.17) is 27.9 Å². The van der Waals surface area contributed by atoms with Crippen molar-refractivity contribution in [1.29, 1.82) is 0 Å². The highest BCUT2D eigenvalue weighted by Crippen LogP contribution is 2.32. The second-order valence-corrected chi connectivity index (χ2v) is 6.51. The zero-order chi connectivity index (χ0) is 21.2. The molecule has 1 aromatic carbocycles. The third kappa shape index (κ3) is 5.12. The summed E-state index contributed by atoms with van der Waals surface area (Å²) in [5, 5.41) is 2.73. The number of pyridine rings is 2. The van der Waals surface area contributed by atoms with Crippen molar-refractivity contribution in [3.05, 3.63) is 63.9 Å². The van der Waals surface area contributed by atoms with Gasteiger partial charge >= 0.3 is 12.1 Å². The van der Waals surface area contributed by atoms with Gasteiger partial charge in [0.25, 0.3) is 5.91 Å². The number of halogens is 5. The SMILES string of the molecule is O=C(COC(=O)c1ccc2nc(Cl)ccc2c1)Nc1ncc(C(F)(F)F)cc1Cl. The number of anilines is 1. The summed E-state index contributed by atoms with van der Waals surface area (Å²) in [6, 6.07) is 8.42. The number of esters is 1. The number of nitrogens with zero attached hydrogens (tertiary/aromatic N) is 2. The molecule has 3 rings (SSSR count). The average molecular weight is 444 g/mol. The Bertz CT molecular complexity index is 1110. The summed E-state index contributed by atoms with van der Waals surface area (Å²) in [5.74, 6) is -1.88. The third-order valence-electron chi connectivity index (χ3n) is 3.65. The molecule has 0 unspecified atom stereocenters. The molecule has 0 saturated carbocycles. The summed E-state index contributed by atoms with van der Waals surface area (Å²) in [6.07, 6.45) is -4.09. The first-order valence-electron chi connectivity index (χ1n) is 7.89. The van der Waals surface area contributed by atoms with Crippen molar-refractivity contribution >= 4 is 51.8 Å². The standard InChI is InChI=1S/C18H10Cl2F3N3O3/c19-12-6-11(18(21,22)23)7-24-16(12)26-15(27)8-29-17(28)10-1-3-13-9(5-10)2-4-14(20)25-13/h1-7H,8H2,(H,24,26,27). The van der Waals surface area contributed by atoms with Gasteiger partial charge in [0.15, 0.2) is 12.4 Å². The molecule has 2 aromatic heterocycles. The summed E-state index contributed by atoms with van der Waals surface area (Å²) < 4.78 is 42.7. The van der Waals surface area contributed by atoms with Crippen LogP contribution in [0.15, 0.2) is 42.6 Å². The maximum Gasteiger partial charge on any atom is 0.417 e. The van der Waals surface area contributed by atoms with E-state index in [1.807, 2.05) is 0 Å². The van der Waals surface area contributed by atoms with Crippen LogP contribution in [-0.2, 0) is 15.7 Å². The minimum absolute atomic E-state index is 0.181. The Morgan fingerprint density at radius 2 is 1.86 bits per heavy atom. The Kier molecular flexibility index (Phi) is 5.90. The highest BCUT2D eigenvalue weighted by Gasteiger charge is 2.31. The molecule has 0 aliphatic carbocycles. The first-order chi connectivity index (χ1) is 13.6. The quantitative estimate of drug-likeness (QED) is 0.464. The second kappa shape index (κ2) is 8.22. The Balaban J connectivity index is 1.62. The molecule has 2 heterocycles. The van der Waals surface area contributed by atoms with Crippen LogP contribution in [-0.4, -0.2) is 28.5 Å². The summed E-state index contributed by atoms with van der Waals surface area (Å²) in [5.41, 5.74) is -0.297. The molecule has 0 fully saturated rings. The molecule has 0 atom stereocenters. The summed E-state index contributed by atoms with van der Waals surface area (Å²) in [7, 11) is 0. The molecule has 3 aromatic rings. The minimum Gasteiger partial charge on any atom is -0.452 e. The van der Waals surface area contributed by atoms with Gasteiger partial charge in [0.2, 0.25) is 0 Å². The fourth-order valence-corrected chi connectivity index (χ4v) is 2.66. The molecule has 0 aliphatic rings. The summed E-state index contributed by atoms with van der Waals surface area (Å²) >= 11 is 11.5. The van der Waals surface area contributed by atoms with Gasteiger partial charge in [-0.2, -0.15) is 13.2 Å². The highest BCUT2D eigenvalue weighted by molar-refractivity contribution is 6.33. The molecule has 29 heavy (non-hydrogen) atoms. The lowest BCUT2D eigenvalue weighted by molar-refractivity contribution is -0.137. The van der Waals surface area contributed by atoms with Crippen molar-refractivity contribution in [1.82, 2.24) is 9.97 Å². The highest BCUT2D eigenvalue weighted by atomic mass is 35.5. The lowest BCUT2D eigenvalue weighted by atomic mass is 10.1. The molecule has 11 heteroatoms. The van der Waals surface area contributed by atoms with E-state index < -0.39 is 35.2 Å². The van der Waals surface area contributed by atoms with Gasteiger partial charge in [0, 0.05) is 11.6 Å². The number of fused-ring (bicyclic) bond motifs is 1. The van der Waals surface area contributed by atoms with E-state index in [0.717, 1.165) is 0 Å². The number of carbonyl (C=O) groups excluding carboxylic acids is 2. The van der Waals surface area contributed by atoms with Crippen LogP contribution in [0.25, 0.3) is 10.9 Å². The van der Waals surface area contributed by atoms with Gasteiger partial charge in [-0.1, -0.05) is 23.2 Å². The van der Waals surface area contributed by atoms with E-state index in [-0.39, 0.29) is 11.4 Å². The van der Waals surface area contributed by atoms with Crippen LogP contribution in [0.4, 0.5) is 19.0 Å². The lowest BCUT2D eigenvalue weighted by Gasteiger charge is -2.10. The molecule has 150 valence electrons. The molecule has 1 N–H and O–H groups in total. The van der Waals surface area contributed by atoms with Crippen molar-refractivity contribution in [3.8, 4) is 0 Å². The fraction of sp³-hybridized carbons (Fsp3) is 0.111. The number of hydrogen-bond acceptors (Lipinski definition) is 5. The normalized spacial score (nSPS) is 11.3. The van der Waals surface area contributed by atoms with Gasteiger partial charge in [0.05, 0.1) is 21.7 Å². The predicted molar refractivity (Wildman–Crippen MR) is 99.9 cm³/mol. The Hall–Kier alpha value is -2.91. The monoisotopic (exact) mass is 443 g/mol. The van der Waals surface area contributed by atoms with Crippen molar-refractivity contribution in [3.63, 3.8) is 0 Å². The smallest absolute Gasteiger partial charge is 0.417 e. The van der Waals surface area contributed by atoms with Crippen molar-refractivity contribution in [2.45, 2.75) is 6.18 Å². The number of benzene rings is 1. The fourth-order valence-electron chi connectivity index (χ4n) is 2.30. The molecule has 0 spiro atoms. The van der Waals surface area contributed by atoms with E-state index in [2.05, 4.69) is 15.3 Å². The van der Waals surface area contributed by atoms with E-state index in [1.165, 1.54) is 12.1 Å². The van der Waals surface area contributed by atoms with Gasteiger partial charge in [0.1, 0.15) is 5.15 Å². The van der Waals surface area contributed by atoms with E-state index in [0.29, 0.717) is 28.3 Å². The van der Waals surface area contributed by atoms with Gasteiger partial charge < -0.3 is 10.1 Å². The van der Waals surface area contributed by atoms with Gasteiger partial charge in [-0.15, -0.1) is 0 Å². The average Bonchev–Trinajstić information content (AvgIpc) is 2.66. The van der Waals surface area contributed by atoms with E-state index >= 15 is 0 Å². The van der Waals surface area contributed by atoms with Crippen LogP contribution in [0.5, 0.6) is 0 Å². The van der Waals surface area contributed by atoms with Crippen molar-refractivity contribution in [2.24, 2.45) is 0 Å². The number of alkyl halides is 3. The Labute approximate surface area is 171 Å². The van der Waals surface area contributed by atoms with E-state index in [1.54, 1.807) is 18.2 Å². The number of amides is 1. The first-order valence-corrected chi connectivity index (χ1v) is 8.65. The maximum absolute atomic E-state index is 12.6. The largest absolute Gasteiger partial charge is 0.452 e.